The van der Waals surface area contributed by atoms with Crippen molar-refractivity contribution in [2.75, 3.05) is 31.1 Å². The van der Waals surface area contributed by atoms with E-state index in [1.807, 2.05) is 18.0 Å². The summed E-state index contributed by atoms with van der Waals surface area (Å²) in [6.45, 7) is 7.09. The summed E-state index contributed by atoms with van der Waals surface area (Å²) < 4.78 is 0. The van der Waals surface area contributed by atoms with Crippen molar-refractivity contribution in [1.82, 2.24) is 14.9 Å². The molecule has 2 fully saturated rings. The molecule has 2 atom stereocenters. The summed E-state index contributed by atoms with van der Waals surface area (Å²) in [5, 5.41) is 10.9. The van der Waals surface area contributed by atoms with Crippen LogP contribution in [0.4, 0.5) is 5.95 Å². The standard InChI is InChI=1S/C22H32N4O2/c1-3-18-16(2)13-23-21(24-18)26-12-9-19(27)22(15-26)10-6-11-25(14-22)20(28)17-7-4-5-8-17/h4-5,13,17,19,27H,3,6-12,14-15H2,1-2H3/t19-,22+/m1/s1. The summed E-state index contributed by atoms with van der Waals surface area (Å²) in [7, 11) is 0. The van der Waals surface area contributed by atoms with E-state index in [-0.39, 0.29) is 23.3 Å². The summed E-state index contributed by atoms with van der Waals surface area (Å²) in [6.07, 6.45) is 10.9. The molecule has 6 heteroatoms. The molecule has 2 saturated heterocycles. The smallest absolute Gasteiger partial charge is 0.226 e. The number of likely N-dealkylation sites (tertiary alicyclic amines) is 1. The van der Waals surface area contributed by atoms with Crippen molar-refractivity contribution in [1.29, 1.82) is 0 Å². The lowest BCUT2D eigenvalue weighted by Crippen LogP contribution is -2.60. The van der Waals surface area contributed by atoms with Crippen molar-refractivity contribution >= 4 is 11.9 Å². The topological polar surface area (TPSA) is 69.6 Å². The first kappa shape index (κ1) is 19.4. The number of aliphatic hydroxyl groups is 1. The molecule has 1 aromatic heterocycles. The molecule has 28 heavy (non-hydrogen) atoms. The van der Waals surface area contributed by atoms with Crippen LogP contribution in [0.25, 0.3) is 0 Å². The van der Waals surface area contributed by atoms with Crippen LogP contribution >= 0.6 is 0 Å². The second kappa shape index (κ2) is 7.82. The Morgan fingerprint density at radius 3 is 2.82 bits per heavy atom. The molecule has 6 nitrogen and oxygen atoms in total. The lowest BCUT2D eigenvalue weighted by Gasteiger charge is -2.51. The van der Waals surface area contributed by atoms with Crippen LogP contribution in [0.1, 0.15) is 50.3 Å². The number of hydrogen-bond donors (Lipinski definition) is 1. The molecular formula is C22H32N4O2. The first-order valence-electron chi connectivity index (χ1n) is 10.7. The van der Waals surface area contributed by atoms with Crippen LogP contribution in [0.2, 0.25) is 0 Å². The molecule has 0 aromatic carbocycles. The monoisotopic (exact) mass is 384 g/mol. The number of allylic oxidation sites excluding steroid dienone is 2. The van der Waals surface area contributed by atoms with E-state index in [2.05, 4.69) is 29.0 Å². The van der Waals surface area contributed by atoms with Gasteiger partial charge in [-0.2, -0.15) is 0 Å². The highest BCUT2D eigenvalue weighted by atomic mass is 16.3. The molecule has 3 aliphatic rings. The average Bonchev–Trinajstić information content (AvgIpc) is 3.25. The van der Waals surface area contributed by atoms with Crippen LogP contribution < -0.4 is 4.90 Å². The van der Waals surface area contributed by atoms with E-state index in [0.717, 1.165) is 62.4 Å². The Morgan fingerprint density at radius 2 is 2.07 bits per heavy atom. The Bertz CT molecular complexity index is 757. The summed E-state index contributed by atoms with van der Waals surface area (Å²) in [5.74, 6) is 1.12. The Labute approximate surface area is 167 Å². The summed E-state index contributed by atoms with van der Waals surface area (Å²) in [4.78, 5) is 26.6. The van der Waals surface area contributed by atoms with Gasteiger partial charge in [0.2, 0.25) is 11.9 Å². The van der Waals surface area contributed by atoms with Gasteiger partial charge >= 0.3 is 0 Å². The van der Waals surface area contributed by atoms with Gasteiger partial charge in [-0.1, -0.05) is 19.1 Å². The first-order chi connectivity index (χ1) is 13.5. The molecule has 0 saturated carbocycles. The maximum atomic E-state index is 13.0. The third-order valence-corrected chi connectivity index (χ3v) is 6.84. The zero-order valence-corrected chi connectivity index (χ0v) is 17.1. The van der Waals surface area contributed by atoms with Crippen LogP contribution in [-0.4, -0.2) is 58.2 Å². The Hall–Kier alpha value is -1.95. The van der Waals surface area contributed by atoms with Crippen LogP contribution in [0.3, 0.4) is 0 Å². The van der Waals surface area contributed by atoms with Crippen molar-refractivity contribution in [3.63, 3.8) is 0 Å². The largest absolute Gasteiger partial charge is 0.392 e. The van der Waals surface area contributed by atoms with Crippen molar-refractivity contribution in [2.45, 2.75) is 58.5 Å². The Kier molecular flexibility index (Phi) is 5.41. The molecule has 0 bridgehead atoms. The fourth-order valence-corrected chi connectivity index (χ4v) is 5.12. The molecule has 2 aliphatic heterocycles. The van der Waals surface area contributed by atoms with Gasteiger partial charge in [0.1, 0.15) is 0 Å². The maximum absolute atomic E-state index is 13.0. The van der Waals surface area contributed by atoms with E-state index in [4.69, 9.17) is 4.98 Å². The number of aromatic nitrogens is 2. The maximum Gasteiger partial charge on any atom is 0.226 e. The van der Waals surface area contributed by atoms with Crippen LogP contribution in [0.15, 0.2) is 18.3 Å². The minimum Gasteiger partial charge on any atom is -0.392 e. The molecule has 1 aromatic rings. The zero-order chi connectivity index (χ0) is 19.7. The van der Waals surface area contributed by atoms with Gasteiger partial charge in [-0.05, 0) is 51.0 Å². The van der Waals surface area contributed by atoms with Crippen molar-refractivity contribution < 1.29 is 9.90 Å². The third kappa shape index (κ3) is 3.54. The summed E-state index contributed by atoms with van der Waals surface area (Å²) >= 11 is 0. The van der Waals surface area contributed by atoms with E-state index in [1.165, 1.54) is 0 Å². The molecule has 0 unspecified atom stereocenters. The fourth-order valence-electron chi connectivity index (χ4n) is 5.12. The number of hydrogen-bond acceptors (Lipinski definition) is 5. The van der Waals surface area contributed by atoms with E-state index >= 15 is 0 Å². The predicted molar refractivity (Wildman–Crippen MR) is 109 cm³/mol. The van der Waals surface area contributed by atoms with E-state index < -0.39 is 0 Å². The number of nitrogens with zero attached hydrogens (tertiary/aromatic N) is 4. The number of anilines is 1. The van der Waals surface area contributed by atoms with Crippen molar-refractivity contribution in [3.05, 3.63) is 29.6 Å². The van der Waals surface area contributed by atoms with Crippen LogP contribution in [-0.2, 0) is 11.2 Å². The molecule has 4 rings (SSSR count). The number of rotatable bonds is 3. The highest BCUT2D eigenvalue weighted by molar-refractivity contribution is 5.79. The molecule has 1 spiro atoms. The lowest BCUT2D eigenvalue weighted by molar-refractivity contribution is -0.141. The molecule has 3 heterocycles. The van der Waals surface area contributed by atoms with Crippen LogP contribution in [0.5, 0.6) is 0 Å². The zero-order valence-electron chi connectivity index (χ0n) is 17.1. The fraction of sp³-hybridized carbons (Fsp3) is 0.682. The molecular weight excluding hydrogens is 352 g/mol. The minimum atomic E-state index is -0.378. The Balaban J connectivity index is 1.53. The van der Waals surface area contributed by atoms with E-state index in [9.17, 15) is 9.90 Å². The first-order valence-corrected chi connectivity index (χ1v) is 10.7. The molecule has 1 aliphatic carbocycles. The molecule has 1 amide bonds. The highest BCUT2D eigenvalue weighted by Crippen LogP contribution is 2.40. The van der Waals surface area contributed by atoms with Gasteiger partial charge in [0.05, 0.1) is 6.10 Å². The quantitative estimate of drug-likeness (QED) is 0.811. The SMILES string of the molecule is CCc1nc(N2CC[C@@H](O)[C@]3(CCCN(C(=O)C4CC=CC4)C3)C2)ncc1C. The number of carbonyl (C=O) groups is 1. The molecule has 1 N–H and O–H groups in total. The van der Waals surface area contributed by atoms with Gasteiger partial charge in [0.15, 0.2) is 0 Å². The Morgan fingerprint density at radius 1 is 1.29 bits per heavy atom. The van der Waals surface area contributed by atoms with Gasteiger partial charge < -0.3 is 14.9 Å². The van der Waals surface area contributed by atoms with Gasteiger partial charge in [-0.25, -0.2) is 9.97 Å². The minimum absolute atomic E-state index is 0.0968. The number of carbonyl (C=O) groups excluding carboxylic acids is 1. The second-order valence-corrected chi connectivity index (χ2v) is 8.74. The number of piperidine rings is 2. The molecule has 152 valence electrons. The van der Waals surface area contributed by atoms with Crippen LogP contribution in [0, 0.1) is 18.3 Å². The number of amides is 1. The van der Waals surface area contributed by atoms with E-state index in [0.29, 0.717) is 19.5 Å². The number of aliphatic hydroxyl groups excluding tert-OH is 1. The average molecular weight is 385 g/mol. The second-order valence-electron chi connectivity index (χ2n) is 8.74. The van der Waals surface area contributed by atoms with Gasteiger partial charge in [-0.15, -0.1) is 0 Å². The van der Waals surface area contributed by atoms with Gasteiger partial charge in [0.25, 0.3) is 0 Å². The number of aryl methyl sites for hydroxylation is 2. The third-order valence-electron chi connectivity index (χ3n) is 6.84. The lowest BCUT2D eigenvalue weighted by atomic mass is 9.71. The van der Waals surface area contributed by atoms with Crippen molar-refractivity contribution in [2.24, 2.45) is 11.3 Å². The molecule has 0 radical (unpaired) electrons. The predicted octanol–water partition coefficient (Wildman–Crippen LogP) is 2.49. The summed E-state index contributed by atoms with van der Waals surface area (Å²) in [5.41, 5.74) is 1.93. The van der Waals surface area contributed by atoms with Gasteiger partial charge in [0, 0.05) is 49.4 Å². The summed E-state index contributed by atoms with van der Waals surface area (Å²) in [6, 6.07) is 0. The normalized spacial score (nSPS) is 28.3. The van der Waals surface area contributed by atoms with E-state index in [1.54, 1.807) is 0 Å². The highest BCUT2D eigenvalue weighted by Gasteiger charge is 2.47. The van der Waals surface area contributed by atoms with Crippen molar-refractivity contribution in [3.8, 4) is 0 Å². The van der Waals surface area contributed by atoms with Gasteiger partial charge in [-0.3, -0.25) is 4.79 Å².